The first-order valence-electron chi connectivity index (χ1n) is 5.82. The smallest absolute Gasteiger partial charge is 0.149 e. The molecule has 3 rings (SSSR count). The van der Waals surface area contributed by atoms with Crippen molar-refractivity contribution in [3.63, 3.8) is 0 Å². The molecule has 0 amide bonds. The molecule has 0 saturated heterocycles. The van der Waals surface area contributed by atoms with E-state index in [0.717, 1.165) is 5.69 Å². The maximum Gasteiger partial charge on any atom is 0.149 e. The van der Waals surface area contributed by atoms with Crippen molar-refractivity contribution in [2.45, 2.75) is 25.4 Å². The van der Waals surface area contributed by atoms with Gasteiger partial charge in [0.15, 0.2) is 0 Å². The van der Waals surface area contributed by atoms with Crippen LogP contribution < -0.4 is 5.32 Å². The molecule has 1 aliphatic carbocycles. The van der Waals surface area contributed by atoms with Crippen LogP contribution >= 0.6 is 11.6 Å². The van der Waals surface area contributed by atoms with E-state index < -0.39 is 0 Å². The van der Waals surface area contributed by atoms with Crippen LogP contribution in [0.3, 0.4) is 0 Å². The summed E-state index contributed by atoms with van der Waals surface area (Å²) in [6.45, 7) is 0.629. The fourth-order valence-corrected chi connectivity index (χ4v) is 1.93. The van der Waals surface area contributed by atoms with E-state index in [9.17, 15) is 4.39 Å². The number of hydrogen-bond acceptors (Lipinski definition) is 3. The van der Waals surface area contributed by atoms with Gasteiger partial charge in [0.25, 0.3) is 0 Å². The van der Waals surface area contributed by atoms with Crippen LogP contribution in [0.15, 0.2) is 24.4 Å². The van der Waals surface area contributed by atoms with Crippen molar-refractivity contribution in [3.05, 3.63) is 40.9 Å². The van der Waals surface area contributed by atoms with Crippen LogP contribution in [0.2, 0.25) is 5.02 Å². The van der Waals surface area contributed by atoms with Crippen molar-refractivity contribution in [2.24, 2.45) is 0 Å². The van der Waals surface area contributed by atoms with E-state index in [1.54, 1.807) is 12.3 Å². The summed E-state index contributed by atoms with van der Waals surface area (Å²) in [6.07, 6.45) is 4.04. The number of benzene rings is 1. The third-order valence-corrected chi connectivity index (χ3v) is 3.14. The summed E-state index contributed by atoms with van der Waals surface area (Å²) in [5.74, 6) is -0.363. The zero-order chi connectivity index (χ0) is 12.5. The Morgan fingerprint density at radius 2 is 2.28 bits per heavy atom. The lowest BCUT2D eigenvalue weighted by Crippen LogP contribution is -2.18. The average Bonchev–Trinajstić information content (AvgIpc) is 3.08. The second kappa shape index (κ2) is 4.66. The predicted octanol–water partition coefficient (Wildman–Crippen LogP) is 2.31. The Balaban J connectivity index is 1.90. The molecule has 2 aromatic rings. The molecule has 0 spiro atoms. The molecule has 18 heavy (non-hydrogen) atoms. The van der Waals surface area contributed by atoms with Crippen molar-refractivity contribution < 1.29 is 4.39 Å². The van der Waals surface area contributed by atoms with Crippen LogP contribution in [0.25, 0.3) is 5.69 Å². The minimum atomic E-state index is -0.363. The fraction of sp³-hybridized carbons (Fsp3) is 0.333. The van der Waals surface area contributed by atoms with Crippen LogP contribution in [0, 0.1) is 5.82 Å². The molecule has 1 heterocycles. The van der Waals surface area contributed by atoms with E-state index in [0.29, 0.717) is 23.3 Å². The molecule has 1 aliphatic rings. The molecule has 1 aromatic heterocycles. The van der Waals surface area contributed by atoms with E-state index in [-0.39, 0.29) is 5.82 Å². The van der Waals surface area contributed by atoms with Gasteiger partial charge >= 0.3 is 0 Å². The van der Waals surface area contributed by atoms with Gasteiger partial charge < -0.3 is 5.32 Å². The minimum Gasteiger partial charge on any atom is -0.308 e. The zero-order valence-electron chi connectivity index (χ0n) is 9.61. The van der Waals surface area contributed by atoms with Gasteiger partial charge in [0.05, 0.1) is 11.9 Å². The number of nitrogens with zero attached hydrogens (tertiary/aromatic N) is 3. The second-order valence-electron chi connectivity index (χ2n) is 4.39. The van der Waals surface area contributed by atoms with Gasteiger partial charge in [0.2, 0.25) is 0 Å². The molecular weight excluding hydrogens is 255 g/mol. The summed E-state index contributed by atoms with van der Waals surface area (Å²) in [7, 11) is 0. The van der Waals surface area contributed by atoms with Gasteiger partial charge in [-0.3, -0.25) is 0 Å². The van der Waals surface area contributed by atoms with Crippen LogP contribution in [0.5, 0.6) is 0 Å². The first-order chi connectivity index (χ1) is 8.74. The molecule has 0 unspecified atom stereocenters. The lowest BCUT2D eigenvalue weighted by atomic mass is 10.3. The van der Waals surface area contributed by atoms with Gasteiger partial charge in [-0.25, -0.2) is 9.07 Å². The highest BCUT2D eigenvalue weighted by Crippen LogP contribution is 2.21. The molecule has 1 fully saturated rings. The van der Waals surface area contributed by atoms with E-state index in [1.165, 1.54) is 29.7 Å². The second-order valence-corrected chi connectivity index (χ2v) is 4.82. The third-order valence-electron chi connectivity index (χ3n) is 2.91. The van der Waals surface area contributed by atoms with Crippen molar-refractivity contribution >= 4 is 11.6 Å². The molecule has 94 valence electrons. The number of nitrogens with one attached hydrogen (secondary N) is 1. The van der Waals surface area contributed by atoms with Crippen LogP contribution in [-0.2, 0) is 6.54 Å². The molecule has 1 saturated carbocycles. The highest BCUT2D eigenvalue weighted by Gasteiger charge is 2.21. The molecule has 0 bridgehead atoms. The first kappa shape index (κ1) is 11.6. The van der Waals surface area contributed by atoms with Crippen molar-refractivity contribution in [3.8, 4) is 5.69 Å². The standard InChI is InChI=1S/C12H12ClFN4/c13-8-1-4-11(14)12(5-8)18-10(7-16-17-18)6-15-9-2-3-9/h1,4-5,7,9,15H,2-3,6H2. The van der Waals surface area contributed by atoms with Gasteiger partial charge in [-0.1, -0.05) is 16.8 Å². The topological polar surface area (TPSA) is 42.7 Å². The molecule has 1 aromatic carbocycles. The Morgan fingerprint density at radius 3 is 3.06 bits per heavy atom. The molecule has 0 radical (unpaired) electrons. The summed E-state index contributed by atoms with van der Waals surface area (Å²) < 4.78 is 15.2. The Labute approximate surface area is 109 Å². The normalized spacial score (nSPS) is 15.0. The van der Waals surface area contributed by atoms with Gasteiger partial charge in [-0.15, -0.1) is 5.10 Å². The average molecular weight is 267 g/mol. The predicted molar refractivity (Wildman–Crippen MR) is 66.2 cm³/mol. The van der Waals surface area contributed by atoms with Crippen LogP contribution in [-0.4, -0.2) is 21.0 Å². The zero-order valence-corrected chi connectivity index (χ0v) is 10.4. The quantitative estimate of drug-likeness (QED) is 0.923. The molecular formula is C12H12ClFN4. The highest BCUT2D eigenvalue weighted by atomic mass is 35.5. The summed E-state index contributed by atoms with van der Waals surface area (Å²) in [6, 6.07) is 4.97. The third kappa shape index (κ3) is 2.37. The molecule has 4 nitrogen and oxygen atoms in total. The summed E-state index contributed by atoms with van der Waals surface area (Å²) in [4.78, 5) is 0. The maximum atomic E-state index is 13.8. The number of hydrogen-bond donors (Lipinski definition) is 1. The van der Waals surface area contributed by atoms with Gasteiger partial charge in [0.1, 0.15) is 11.5 Å². The van der Waals surface area contributed by atoms with E-state index >= 15 is 0 Å². The van der Waals surface area contributed by atoms with E-state index in [2.05, 4.69) is 15.6 Å². The first-order valence-corrected chi connectivity index (χ1v) is 6.20. The Morgan fingerprint density at radius 1 is 1.44 bits per heavy atom. The number of rotatable bonds is 4. The van der Waals surface area contributed by atoms with Crippen molar-refractivity contribution in [2.75, 3.05) is 0 Å². The Hall–Kier alpha value is -1.46. The molecule has 0 atom stereocenters. The number of aromatic nitrogens is 3. The van der Waals surface area contributed by atoms with Gasteiger partial charge in [-0.2, -0.15) is 0 Å². The maximum absolute atomic E-state index is 13.8. The minimum absolute atomic E-state index is 0.326. The number of halogens is 2. The monoisotopic (exact) mass is 266 g/mol. The van der Waals surface area contributed by atoms with Crippen LogP contribution in [0.1, 0.15) is 18.5 Å². The van der Waals surface area contributed by atoms with Crippen LogP contribution in [0.4, 0.5) is 4.39 Å². The van der Waals surface area contributed by atoms with Gasteiger partial charge in [-0.05, 0) is 31.0 Å². The van der Waals surface area contributed by atoms with Gasteiger partial charge in [0, 0.05) is 17.6 Å². The molecule has 0 aliphatic heterocycles. The lowest BCUT2D eigenvalue weighted by Gasteiger charge is -2.08. The Kier molecular flexibility index (Phi) is 3.01. The fourth-order valence-electron chi connectivity index (χ4n) is 1.76. The van der Waals surface area contributed by atoms with E-state index in [4.69, 9.17) is 11.6 Å². The highest BCUT2D eigenvalue weighted by molar-refractivity contribution is 6.30. The summed E-state index contributed by atoms with van der Waals surface area (Å²) in [5.41, 5.74) is 1.15. The van der Waals surface area contributed by atoms with Crippen molar-refractivity contribution in [1.29, 1.82) is 0 Å². The summed E-state index contributed by atoms with van der Waals surface area (Å²) in [5, 5.41) is 11.6. The lowest BCUT2D eigenvalue weighted by molar-refractivity contribution is 0.592. The largest absolute Gasteiger partial charge is 0.308 e. The van der Waals surface area contributed by atoms with E-state index in [1.807, 2.05) is 0 Å². The SMILES string of the molecule is Fc1ccc(Cl)cc1-n1nncc1CNC1CC1. The molecule has 1 N–H and O–H groups in total. The van der Waals surface area contributed by atoms with Crippen molar-refractivity contribution in [1.82, 2.24) is 20.3 Å². The molecule has 6 heteroatoms. The Bertz CT molecular complexity index is 565. The summed E-state index contributed by atoms with van der Waals surface area (Å²) >= 11 is 5.88.